The zero-order valence-electron chi connectivity index (χ0n) is 8.52. The topological polar surface area (TPSA) is 12.9 Å². The summed E-state index contributed by atoms with van der Waals surface area (Å²) >= 11 is 0. The first kappa shape index (κ1) is 9.72. The predicted molar refractivity (Wildman–Crippen MR) is 58.6 cm³/mol. The predicted octanol–water partition coefficient (Wildman–Crippen LogP) is 3.29. The molecule has 0 atom stereocenters. The van der Waals surface area contributed by atoms with Crippen molar-refractivity contribution < 1.29 is 0 Å². The minimum Gasteiger partial charge on any atom is -0.257 e. The van der Waals surface area contributed by atoms with Gasteiger partial charge in [0.15, 0.2) is 0 Å². The molecule has 1 heteroatoms. The Morgan fingerprint density at radius 1 is 0.923 bits per heavy atom. The lowest BCUT2D eigenvalue weighted by molar-refractivity contribution is 1.09. The van der Waals surface area contributed by atoms with E-state index in [9.17, 15) is 0 Å². The second kappa shape index (κ2) is 3.56. The molecule has 0 aliphatic heterocycles. The van der Waals surface area contributed by atoms with Crippen molar-refractivity contribution in [3.05, 3.63) is 41.2 Å². The Labute approximate surface area is 79.8 Å². The molecule has 1 heterocycles. The molecule has 0 aliphatic rings. The van der Waals surface area contributed by atoms with E-state index in [2.05, 4.69) is 25.1 Å². The van der Waals surface area contributed by atoms with Gasteiger partial charge in [-0.05, 0) is 37.5 Å². The summed E-state index contributed by atoms with van der Waals surface area (Å²) in [4.78, 5) is 4.43. The molecule has 13 heavy (non-hydrogen) atoms. The van der Waals surface area contributed by atoms with Gasteiger partial charge in [0.1, 0.15) is 0 Å². The highest BCUT2D eigenvalue weighted by molar-refractivity contribution is 5.64. The van der Waals surface area contributed by atoms with E-state index >= 15 is 0 Å². The molecular formula is C12H15N. The van der Waals surface area contributed by atoms with Crippen LogP contribution < -0.4 is 0 Å². The van der Waals surface area contributed by atoms with Crippen molar-refractivity contribution in [1.82, 2.24) is 4.98 Å². The van der Waals surface area contributed by atoms with Gasteiger partial charge in [0.25, 0.3) is 0 Å². The summed E-state index contributed by atoms with van der Waals surface area (Å²) in [6.45, 7) is 13.7. The lowest BCUT2D eigenvalue weighted by Gasteiger charge is -2.10. The zero-order valence-corrected chi connectivity index (χ0v) is 8.52. The standard InChI is InChI=1S/C12H15N/c1-6-11-8(3)12(7-2)10(5)13-9(11)4/h6-7H,1-2H2,3-5H3. The van der Waals surface area contributed by atoms with Crippen molar-refractivity contribution in [1.29, 1.82) is 0 Å². The normalized spacial score (nSPS) is 9.77. The van der Waals surface area contributed by atoms with E-state index in [1.54, 1.807) is 0 Å². The minimum absolute atomic E-state index is 1.04. The highest BCUT2D eigenvalue weighted by Crippen LogP contribution is 2.20. The van der Waals surface area contributed by atoms with Crippen LogP contribution in [-0.2, 0) is 0 Å². The van der Waals surface area contributed by atoms with Gasteiger partial charge in [-0.1, -0.05) is 25.3 Å². The Morgan fingerprint density at radius 2 is 1.31 bits per heavy atom. The first-order chi connectivity index (χ1) is 6.11. The number of rotatable bonds is 2. The first-order valence-corrected chi connectivity index (χ1v) is 4.34. The van der Waals surface area contributed by atoms with E-state index in [1.165, 1.54) is 5.56 Å². The molecular weight excluding hydrogens is 158 g/mol. The van der Waals surface area contributed by atoms with E-state index in [1.807, 2.05) is 26.0 Å². The molecule has 0 unspecified atom stereocenters. The van der Waals surface area contributed by atoms with Crippen LogP contribution in [0, 0.1) is 20.8 Å². The second-order valence-corrected chi connectivity index (χ2v) is 3.14. The van der Waals surface area contributed by atoms with Crippen LogP contribution in [0.2, 0.25) is 0 Å². The maximum Gasteiger partial charge on any atom is 0.0451 e. The maximum absolute atomic E-state index is 4.43. The number of aromatic nitrogens is 1. The molecule has 0 fully saturated rings. The van der Waals surface area contributed by atoms with Crippen molar-refractivity contribution in [2.45, 2.75) is 20.8 Å². The summed E-state index contributed by atoms with van der Waals surface area (Å²) in [6.07, 6.45) is 3.70. The molecule has 1 nitrogen and oxygen atoms in total. The molecule has 1 aromatic heterocycles. The summed E-state index contributed by atoms with van der Waals surface area (Å²) in [5, 5.41) is 0. The van der Waals surface area contributed by atoms with Gasteiger partial charge in [-0.2, -0.15) is 0 Å². The van der Waals surface area contributed by atoms with Crippen molar-refractivity contribution in [2.75, 3.05) is 0 Å². The van der Waals surface area contributed by atoms with Gasteiger partial charge in [0.2, 0.25) is 0 Å². The number of hydrogen-bond acceptors (Lipinski definition) is 1. The van der Waals surface area contributed by atoms with Gasteiger partial charge in [-0.3, -0.25) is 4.98 Å². The fraction of sp³-hybridized carbons (Fsp3) is 0.250. The number of nitrogens with zero attached hydrogens (tertiary/aromatic N) is 1. The molecule has 1 rings (SSSR count). The van der Waals surface area contributed by atoms with Gasteiger partial charge in [-0.15, -0.1) is 0 Å². The SMILES string of the molecule is C=Cc1c(C)nc(C)c(C=C)c1C. The minimum atomic E-state index is 1.04. The van der Waals surface area contributed by atoms with Crippen molar-refractivity contribution in [3.63, 3.8) is 0 Å². The lowest BCUT2D eigenvalue weighted by atomic mass is 10.0. The molecule has 0 aliphatic carbocycles. The molecule has 0 bridgehead atoms. The molecule has 0 saturated heterocycles. The van der Waals surface area contributed by atoms with Crippen molar-refractivity contribution in [3.8, 4) is 0 Å². The summed E-state index contributed by atoms with van der Waals surface area (Å²) < 4.78 is 0. The fourth-order valence-electron chi connectivity index (χ4n) is 1.66. The van der Waals surface area contributed by atoms with Gasteiger partial charge < -0.3 is 0 Å². The quantitative estimate of drug-likeness (QED) is 0.668. The molecule has 0 spiro atoms. The highest BCUT2D eigenvalue weighted by atomic mass is 14.7. The first-order valence-electron chi connectivity index (χ1n) is 4.34. The molecule has 0 radical (unpaired) electrons. The highest BCUT2D eigenvalue weighted by Gasteiger charge is 2.06. The fourth-order valence-corrected chi connectivity index (χ4v) is 1.66. The average Bonchev–Trinajstić information content (AvgIpc) is 2.04. The van der Waals surface area contributed by atoms with Crippen LogP contribution in [0.25, 0.3) is 12.2 Å². The van der Waals surface area contributed by atoms with E-state index in [4.69, 9.17) is 0 Å². The Balaban J connectivity index is 3.56. The lowest BCUT2D eigenvalue weighted by Crippen LogP contribution is -1.98. The van der Waals surface area contributed by atoms with Crippen molar-refractivity contribution in [2.24, 2.45) is 0 Å². The summed E-state index contributed by atoms with van der Waals surface area (Å²) in [7, 11) is 0. The monoisotopic (exact) mass is 173 g/mol. The van der Waals surface area contributed by atoms with Crippen LogP contribution in [0.3, 0.4) is 0 Å². The second-order valence-electron chi connectivity index (χ2n) is 3.14. The van der Waals surface area contributed by atoms with E-state index in [-0.39, 0.29) is 0 Å². The van der Waals surface area contributed by atoms with Gasteiger partial charge in [0.05, 0.1) is 0 Å². The maximum atomic E-state index is 4.43. The number of pyridine rings is 1. The summed E-state index contributed by atoms with van der Waals surface area (Å²) in [5.74, 6) is 0. The van der Waals surface area contributed by atoms with Crippen LogP contribution in [0.1, 0.15) is 28.1 Å². The van der Waals surface area contributed by atoms with Crippen LogP contribution >= 0.6 is 0 Å². The zero-order chi connectivity index (χ0) is 10.0. The van der Waals surface area contributed by atoms with Crippen molar-refractivity contribution >= 4 is 12.2 Å². The van der Waals surface area contributed by atoms with Gasteiger partial charge in [0, 0.05) is 11.4 Å². The summed E-state index contributed by atoms with van der Waals surface area (Å²) in [5.41, 5.74) is 5.54. The van der Waals surface area contributed by atoms with Gasteiger partial charge >= 0.3 is 0 Å². The van der Waals surface area contributed by atoms with Crippen LogP contribution in [0.4, 0.5) is 0 Å². The Hall–Kier alpha value is -1.37. The molecule has 68 valence electrons. The van der Waals surface area contributed by atoms with Crippen LogP contribution in [0.5, 0.6) is 0 Å². The Kier molecular flexibility index (Phi) is 2.66. The smallest absolute Gasteiger partial charge is 0.0451 e. The van der Waals surface area contributed by atoms with Crippen LogP contribution in [-0.4, -0.2) is 4.98 Å². The van der Waals surface area contributed by atoms with Gasteiger partial charge in [-0.25, -0.2) is 0 Å². The van der Waals surface area contributed by atoms with E-state index < -0.39 is 0 Å². The Bertz CT molecular complexity index is 330. The largest absolute Gasteiger partial charge is 0.257 e. The van der Waals surface area contributed by atoms with E-state index in [0.717, 1.165) is 22.5 Å². The summed E-state index contributed by atoms with van der Waals surface area (Å²) in [6, 6.07) is 0. The third-order valence-corrected chi connectivity index (χ3v) is 2.33. The molecule has 0 N–H and O–H groups in total. The number of aryl methyl sites for hydroxylation is 2. The third-order valence-electron chi connectivity index (χ3n) is 2.33. The molecule has 0 amide bonds. The van der Waals surface area contributed by atoms with E-state index in [0.29, 0.717) is 0 Å². The molecule has 0 aromatic carbocycles. The van der Waals surface area contributed by atoms with Crippen LogP contribution in [0.15, 0.2) is 13.2 Å². The Morgan fingerprint density at radius 3 is 1.62 bits per heavy atom. The number of hydrogen-bond donors (Lipinski definition) is 0. The average molecular weight is 173 g/mol. The third kappa shape index (κ3) is 1.55. The molecule has 1 aromatic rings. The molecule has 0 saturated carbocycles.